The van der Waals surface area contributed by atoms with E-state index in [4.69, 9.17) is 9.47 Å². The molecule has 156 valence electrons. The molecular weight excluding hydrogens is 360 g/mol. The maximum absolute atomic E-state index is 12.1. The zero-order chi connectivity index (χ0) is 20.9. The number of hydrogen-bond acceptors (Lipinski definition) is 3. The highest BCUT2D eigenvalue weighted by Gasteiger charge is 2.04. The van der Waals surface area contributed by atoms with Gasteiger partial charge in [0.25, 0.3) is 0 Å². The number of esters is 1. The number of unbranched alkanes of at least 4 members (excludes halogenated alkanes) is 3. The Morgan fingerprint density at radius 3 is 2.28 bits per heavy atom. The largest absolute Gasteiger partial charge is 0.494 e. The van der Waals surface area contributed by atoms with Gasteiger partial charge in [-0.1, -0.05) is 70.7 Å². The Labute approximate surface area is 175 Å². The van der Waals surface area contributed by atoms with Gasteiger partial charge in [-0.3, -0.25) is 0 Å². The van der Waals surface area contributed by atoms with Crippen LogP contribution in [0.2, 0.25) is 0 Å². The highest BCUT2D eigenvalue weighted by molar-refractivity contribution is 5.88. The summed E-state index contributed by atoms with van der Waals surface area (Å²) in [7, 11) is 0. The van der Waals surface area contributed by atoms with Crippen molar-refractivity contribution in [3.05, 3.63) is 65.7 Å². The summed E-state index contributed by atoms with van der Waals surface area (Å²) in [5.41, 5.74) is 2.20. The molecular formula is C26H34O3. The van der Waals surface area contributed by atoms with Crippen LogP contribution in [0.1, 0.15) is 64.0 Å². The Morgan fingerprint density at radius 2 is 1.62 bits per heavy atom. The molecule has 2 aromatic rings. The molecule has 0 N–H and O–H groups in total. The predicted octanol–water partition coefficient (Wildman–Crippen LogP) is 6.85. The molecule has 2 rings (SSSR count). The Hall–Kier alpha value is -2.55. The third-order valence-corrected chi connectivity index (χ3v) is 4.98. The summed E-state index contributed by atoms with van der Waals surface area (Å²) in [6, 6.07) is 15.5. The molecule has 0 radical (unpaired) electrons. The van der Waals surface area contributed by atoms with Crippen LogP contribution in [0.5, 0.6) is 11.5 Å². The fraction of sp³-hybridized carbons (Fsp3) is 0.423. The van der Waals surface area contributed by atoms with Crippen LogP contribution in [0.3, 0.4) is 0 Å². The fourth-order valence-electron chi connectivity index (χ4n) is 2.95. The van der Waals surface area contributed by atoms with Crippen molar-refractivity contribution in [2.75, 3.05) is 6.61 Å². The first-order valence-electron chi connectivity index (χ1n) is 10.8. The second kappa shape index (κ2) is 12.8. The van der Waals surface area contributed by atoms with E-state index in [1.807, 2.05) is 48.5 Å². The number of carbonyl (C=O) groups is 1. The smallest absolute Gasteiger partial charge is 0.336 e. The van der Waals surface area contributed by atoms with Gasteiger partial charge in [0.1, 0.15) is 11.5 Å². The van der Waals surface area contributed by atoms with Gasteiger partial charge in [-0.2, -0.15) is 0 Å². The molecule has 0 aromatic heterocycles. The maximum Gasteiger partial charge on any atom is 0.336 e. The molecule has 2 aromatic carbocycles. The van der Waals surface area contributed by atoms with Gasteiger partial charge in [0, 0.05) is 6.08 Å². The zero-order valence-electron chi connectivity index (χ0n) is 18.0. The Kier molecular flexibility index (Phi) is 10.1. The lowest BCUT2D eigenvalue weighted by atomic mass is 9.99. The van der Waals surface area contributed by atoms with E-state index in [2.05, 4.69) is 20.8 Å². The van der Waals surface area contributed by atoms with Crippen molar-refractivity contribution < 1.29 is 14.3 Å². The molecule has 29 heavy (non-hydrogen) atoms. The normalized spacial score (nSPS) is 12.1. The molecule has 0 spiro atoms. The van der Waals surface area contributed by atoms with E-state index in [9.17, 15) is 4.79 Å². The molecule has 0 saturated heterocycles. The molecule has 0 aliphatic carbocycles. The van der Waals surface area contributed by atoms with Gasteiger partial charge in [-0.25, -0.2) is 4.79 Å². The predicted molar refractivity (Wildman–Crippen MR) is 120 cm³/mol. The summed E-state index contributed by atoms with van der Waals surface area (Å²) in [5.74, 6) is 1.71. The van der Waals surface area contributed by atoms with E-state index >= 15 is 0 Å². The van der Waals surface area contributed by atoms with Crippen LogP contribution in [0.25, 0.3) is 6.08 Å². The number of ether oxygens (including phenoxy) is 2. The molecule has 3 heteroatoms. The number of rotatable bonds is 12. The van der Waals surface area contributed by atoms with Crippen LogP contribution in [0, 0.1) is 5.92 Å². The highest BCUT2D eigenvalue weighted by Crippen LogP contribution is 2.17. The standard InChI is InChI=1S/C26H34O3/c1-4-6-7-8-19-28-24-14-9-22(10-15-24)13-18-26(27)29-25-16-11-23(12-17-25)20-21(3)5-2/h9-18,21H,4-8,19-20H2,1-3H3/b18-13+. The minimum absolute atomic E-state index is 0.379. The maximum atomic E-state index is 12.1. The van der Waals surface area contributed by atoms with Gasteiger partial charge in [-0.05, 0) is 60.2 Å². The Morgan fingerprint density at radius 1 is 0.931 bits per heavy atom. The second-order valence-corrected chi connectivity index (χ2v) is 7.59. The first-order chi connectivity index (χ1) is 14.1. The van der Waals surface area contributed by atoms with Crippen LogP contribution in [0.15, 0.2) is 54.6 Å². The molecule has 3 nitrogen and oxygen atoms in total. The van der Waals surface area contributed by atoms with Crippen molar-refractivity contribution >= 4 is 12.0 Å². The van der Waals surface area contributed by atoms with Crippen LogP contribution < -0.4 is 9.47 Å². The SMILES string of the molecule is CCCCCCOc1ccc(/C=C/C(=O)Oc2ccc(CC(C)CC)cc2)cc1. The van der Waals surface area contributed by atoms with Gasteiger partial charge in [0.15, 0.2) is 0 Å². The summed E-state index contributed by atoms with van der Waals surface area (Å²) >= 11 is 0. The second-order valence-electron chi connectivity index (χ2n) is 7.59. The average molecular weight is 395 g/mol. The number of carbonyl (C=O) groups excluding carboxylic acids is 1. The van der Waals surface area contributed by atoms with Gasteiger partial charge >= 0.3 is 5.97 Å². The minimum Gasteiger partial charge on any atom is -0.494 e. The highest BCUT2D eigenvalue weighted by atomic mass is 16.5. The molecule has 0 saturated carbocycles. The molecule has 0 bridgehead atoms. The van der Waals surface area contributed by atoms with E-state index in [0.29, 0.717) is 11.7 Å². The first kappa shape index (κ1) is 22.7. The first-order valence-corrected chi connectivity index (χ1v) is 10.8. The van der Waals surface area contributed by atoms with E-state index < -0.39 is 0 Å². The summed E-state index contributed by atoms with van der Waals surface area (Å²) in [4.78, 5) is 12.1. The molecule has 1 atom stereocenters. The summed E-state index contributed by atoms with van der Waals surface area (Å²) in [5, 5.41) is 0. The molecule has 0 fully saturated rings. The van der Waals surface area contributed by atoms with Gasteiger partial charge in [-0.15, -0.1) is 0 Å². The van der Waals surface area contributed by atoms with Crippen LogP contribution in [-0.4, -0.2) is 12.6 Å². The van der Waals surface area contributed by atoms with E-state index in [0.717, 1.165) is 37.2 Å². The van der Waals surface area contributed by atoms with Crippen molar-refractivity contribution in [3.63, 3.8) is 0 Å². The minimum atomic E-state index is -0.379. The van der Waals surface area contributed by atoms with Gasteiger partial charge in [0.2, 0.25) is 0 Å². The van der Waals surface area contributed by atoms with E-state index in [-0.39, 0.29) is 5.97 Å². The number of hydrogen-bond donors (Lipinski definition) is 0. The monoisotopic (exact) mass is 394 g/mol. The average Bonchev–Trinajstić information content (AvgIpc) is 2.74. The van der Waals surface area contributed by atoms with Crippen molar-refractivity contribution in [2.45, 2.75) is 59.3 Å². The fourth-order valence-corrected chi connectivity index (χ4v) is 2.95. The van der Waals surface area contributed by atoms with Gasteiger partial charge in [0.05, 0.1) is 6.61 Å². The topological polar surface area (TPSA) is 35.5 Å². The third kappa shape index (κ3) is 8.99. The summed E-state index contributed by atoms with van der Waals surface area (Å²) < 4.78 is 11.1. The van der Waals surface area contributed by atoms with Crippen LogP contribution in [0.4, 0.5) is 0 Å². The van der Waals surface area contributed by atoms with Crippen molar-refractivity contribution in [1.29, 1.82) is 0 Å². The Balaban J connectivity index is 1.78. The molecule has 0 aliphatic rings. The van der Waals surface area contributed by atoms with Crippen molar-refractivity contribution in [2.24, 2.45) is 5.92 Å². The van der Waals surface area contributed by atoms with Crippen molar-refractivity contribution in [1.82, 2.24) is 0 Å². The lowest BCUT2D eigenvalue weighted by Gasteiger charge is -2.08. The quantitative estimate of drug-likeness (QED) is 0.171. The number of benzene rings is 2. The lowest BCUT2D eigenvalue weighted by molar-refractivity contribution is -0.128. The van der Waals surface area contributed by atoms with E-state index in [1.54, 1.807) is 6.08 Å². The molecule has 0 heterocycles. The van der Waals surface area contributed by atoms with Crippen LogP contribution in [-0.2, 0) is 11.2 Å². The molecule has 1 unspecified atom stereocenters. The Bertz CT molecular complexity index is 745. The van der Waals surface area contributed by atoms with E-state index in [1.165, 1.54) is 30.9 Å². The lowest BCUT2D eigenvalue weighted by Crippen LogP contribution is -2.04. The van der Waals surface area contributed by atoms with Crippen molar-refractivity contribution in [3.8, 4) is 11.5 Å². The third-order valence-electron chi connectivity index (χ3n) is 4.98. The summed E-state index contributed by atoms with van der Waals surface area (Å²) in [6.07, 6.45) is 10.2. The zero-order valence-corrected chi connectivity index (χ0v) is 18.0. The molecule has 0 amide bonds. The molecule has 0 aliphatic heterocycles. The van der Waals surface area contributed by atoms with Gasteiger partial charge < -0.3 is 9.47 Å². The summed E-state index contributed by atoms with van der Waals surface area (Å²) in [6.45, 7) is 7.39. The van der Waals surface area contributed by atoms with Crippen LogP contribution >= 0.6 is 0 Å².